The molecule has 58 valence electrons. The van der Waals surface area contributed by atoms with Crippen LogP contribution in [0.2, 0.25) is 0 Å². The maximum absolute atomic E-state index is 10.4. The van der Waals surface area contributed by atoms with Crippen LogP contribution in [0.15, 0.2) is 18.5 Å². The van der Waals surface area contributed by atoms with E-state index in [-0.39, 0.29) is 5.56 Å². The summed E-state index contributed by atoms with van der Waals surface area (Å²) in [5.41, 5.74) is 0.593. The van der Waals surface area contributed by atoms with Crippen LogP contribution in [0.3, 0.4) is 0 Å². The zero-order chi connectivity index (χ0) is 8.27. The van der Waals surface area contributed by atoms with Crippen molar-refractivity contribution in [3.8, 4) is 0 Å². The molecule has 4 heteroatoms. The molecular weight excluding hydrogens is 144 g/mol. The second-order valence-corrected chi connectivity index (χ2v) is 1.96. The van der Waals surface area contributed by atoms with Gasteiger partial charge >= 0.3 is 0 Å². The number of nitrogens with zero attached hydrogens (tertiary/aromatic N) is 1. The lowest BCUT2D eigenvalue weighted by Crippen LogP contribution is -2.23. The fourth-order valence-electron chi connectivity index (χ4n) is 0.775. The lowest BCUT2D eigenvalue weighted by molar-refractivity contribution is -0.254. The highest BCUT2D eigenvalue weighted by molar-refractivity contribution is 5.92. The van der Waals surface area contributed by atoms with Crippen LogP contribution in [0, 0.1) is 0 Å². The second-order valence-electron chi connectivity index (χ2n) is 1.96. The molecule has 0 saturated carbocycles. The van der Waals surface area contributed by atoms with E-state index in [4.69, 9.17) is 0 Å². The van der Waals surface area contributed by atoms with Crippen molar-refractivity contribution < 1.29 is 9.90 Å². The molecule has 0 bridgehead atoms. The molecule has 0 aliphatic rings. The topological polar surface area (TPSA) is 65.0 Å². The zero-order valence-electron chi connectivity index (χ0n) is 6.00. The molecule has 1 heterocycles. The molecule has 1 rings (SSSR count). The average Bonchev–Trinajstić information content (AvgIpc) is 2.04. The maximum Gasteiger partial charge on any atom is 0.0751 e. The Morgan fingerprint density at radius 3 is 2.91 bits per heavy atom. The molecule has 4 nitrogen and oxygen atoms in total. The Labute approximate surface area is 63.9 Å². The van der Waals surface area contributed by atoms with Crippen molar-refractivity contribution in [1.29, 1.82) is 0 Å². The number of carboxylic acids is 1. The van der Waals surface area contributed by atoms with Crippen LogP contribution in [0.25, 0.3) is 0 Å². The van der Waals surface area contributed by atoms with Crippen molar-refractivity contribution in [2.45, 2.75) is 0 Å². The van der Waals surface area contributed by atoms with E-state index in [1.54, 1.807) is 13.1 Å². The predicted octanol–water partition coefficient (Wildman–Crippen LogP) is -0.513. The first kappa shape index (κ1) is 7.53. The number of nitrogens with one attached hydrogen (secondary N) is 1. The molecule has 0 saturated heterocycles. The van der Waals surface area contributed by atoms with Crippen LogP contribution in [0.5, 0.6) is 0 Å². The van der Waals surface area contributed by atoms with E-state index in [0.29, 0.717) is 5.69 Å². The number of pyridine rings is 1. The van der Waals surface area contributed by atoms with Crippen molar-refractivity contribution in [3.05, 3.63) is 24.0 Å². The lowest BCUT2D eigenvalue weighted by Gasteiger charge is -2.07. The summed E-state index contributed by atoms with van der Waals surface area (Å²) in [6, 6.07) is 1.57. The third kappa shape index (κ3) is 1.46. The van der Waals surface area contributed by atoms with Crippen LogP contribution in [-0.4, -0.2) is 18.0 Å². The molecule has 0 unspecified atom stereocenters. The number of hydrogen-bond donors (Lipinski definition) is 1. The number of aromatic nitrogens is 1. The quantitative estimate of drug-likeness (QED) is 0.618. The van der Waals surface area contributed by atoms with Gasteiger partial charge in [-0.25, -0.2) is 0 Å². The Balaban J connectivity index is 3.12. The molecule has 1 N–H and O–H groups in total. The first-order valence-electron chi connectivity index (χ1n) is 3.09. The summed E-state index contributed by atoms with van der Waals surface area (Å²) in [6.07, 6.45) is 2.76. The molecule has 0 atom stereocenters. The van der Waals surface area contributed by atoms with E-state index in [2.05, 4.69) is 10.3 Å². The normalized spacial score (nSPS) is 9.18. The number of rotatable bonds is 2. The number of carbonyl (C=O) groups is 1. The molecule has 1 aromatic heterocycles. The van der Waals surface area contributed by atoms with Gasteiger partial charge in [0.1, 0.15) is 0 Å². The van der Waals surface area contributed by atoms with Crippen LogP contribution in [0.4, 0.5) is 5.69 Å². The maximum atomic E-state index is 10.4. The number of carbonyl (C=O) groups excluding carboxylic acids is 1. The summed E-state index contributed by atoms with van der Waals surface area (Å²) >= 11 is 0. The Morgan fingerprint density at radius 1 is 1.73 bits per heavy atom. The van der Waals surface area contributed by atoms with Gasteiger partial charge in [-0.05, 0) is 6.07 Å². The third-order valence-corrected chi connectivity index (χ3v) is 1.31. The van der Waals surface area contributed by atoms with Crippen molar-refractivity contribution in [3.63, 3.8) is 0 Å². The van der Waals surface area contributed by atoms with Gasteiger partial charge in [0.25, 0.3) is 0 Å². The zero-order valence-corrected chi connectivity index (χ0v) is 6.00. The van der Waals surface area contributed by atoms with E-state index >= 15 is 0 Å². The minimum atomic E-state index is -1.22. The van der Waals surface area contributed by atoms with Crippen molar-refractivity contribution in [2.75, 3.05) is 12.4 Å². The standard InChI is InChI=1S/C7H8N2O2/c1-8-6-2-3-9-4-5(6)7(10)11/h2-4H,1H3,(H,8,9)(H,10,11)/p-1. The van der Waals surface area contributed by atoms with Crippen LogP contribution >= 0.6 is 0 Å². The van der Waals surface area contributed by atoms with Gasteiger partial charge in [-0.2, -0.15) is 0 Å². The Hall–Kier alpha value is -1.58. The van der Waals surface area contributed by atoms with Gasteiger partial charge in [0, 0.05) is 30.7 Å². The first-order valence-corrected chi connectivity index (χ1v) is 3.09. The fourth-order valence-corrected chi connectivity index (χ4v) is 0.775. The Morgan fingerprint density at radius 2 is 2.45 bits per heavy atom. The molecule has 0 aliphatic heterocycles. The molecule has 11 heavy (non-hydrogen) atoms. The second kappa shape index (κ2) is 3.01. The summed E-state index contributed by atoms with van der Waals surface area (Å²) < 4.78 is 0. The number of aromatic carboxylic acids is 1. The highest BCUT2D eigenvalue weighted by Crippen LogP contribution is 2.10. The van der Waals surface area contributed by atoms with Crippen molar-refractivity contribution in [1.82, 2.24) is 4.98 Å². The number of hydrogen-bond acceptors (Lipinski definition) is 4. The molecule has 0 radical (unpaired) electrons. The van der Waals surface area contributed by atoms with Gasteiger partial charge in [0.15, 0.2) is 0 Å². The molecule has 0 aromatic carbocycles. The highest BCUT2D eigenvalue weighted by Gasteiger charge is 1.98. The third-order valence-electron chi connectivity index (χ3n) is 1.31. The number of anilines is 1. The van der Waals surface area contributed by atoms with E-state index in [1.807, 2.05) is 0 Å². The SMILES string of the molecule is CNc1ccncc1C(=O)[O-]. The first-order chi connectivity index (χ1) is 5.25. The largest absolute Gasteiger partial charge is 0.545 e. The van der Waals surface area contributed by atoms with Gasteiger partial charge in [0.2, 0.25) is 0 Å². The van der Waals surface area contributed by atoms with Gasteiger partial charge in [-0.15, -0.1) is 0 Å². The molecule has 0 spiro atoms. The van der Waals surface area contributed by atoms with Gasteiger partial charge < -0.3 is 15.2 Å². The van der Waals surface area contributed by atoms with E-state index in [1.165, 1.54) is 12.4 Å². The minimum Gasteiger partial charge on any atom is -0.545 e. The summed E-state index contributed by atoms with van der Waals surface area (Å²) in [5, 5.41) is 13.1. The van der Waals surface area contributed by atoms with Crippen molar-refractivity contribution >= 4 is 11.7 Å². The van der Waals surface area contributed by atoms with Crippen LogP contribution in [-0.2, 0) is 0 Å². The summed E-state index contributed by atoms with van der Waals surface area (Å²) in [5.74, 6) is -1.22. The van der Waals surface area contributed by atoms with Crippen LogP contribution < -0.4 is 10.4 Å². The molecule has 0 aliphatic carbocycles. The Kier molecular flexibility index (Phi) is 2.06. The predicted molar refractivity (Wildman–Crippen MR) is 38.1 cm³/mol. The minimum absolute atomic E-state index is 0.0787. The summed E-state index contributed by atoms with van der Waals surface area (Å²) in [4.78, 5) is 14.0. The van der Waals surface area contributed by atoms with E-state index < -0.39 is 5.97 Å². The summed E-state index contributed by atoms with van der Waals surface area (Å²) in [6.45, 7) is 0. The Bertz CT molecular complexity index is 273. The fraction of sp³-hybridized carbons (Fsp3) is 0.143. The van der Waals surface area contributed by atoms with Gasteiger partial charge in [-0.3, -0.25) is 4.98 Å². The average molecular weight is 151 g/mol. The molecule has 1 aromatic rings. The lowest BCUT2D eigenvalue weighted by atomic mass is 10.2. The van der Waals surface area contributed by atoms with Gasteiger partial charge in [-0.1, -0.05) is 0 Å². The van der Waals surface area contributed by atoms with E-state index in [9.17, 15) is 9.90 Å². The summed E-state index contributed by atoms with van der Waals surface area (Å²) in [7, 11) is 1.64. The van der Waals surface area contributed by atoms with Gasteiger partial charge in [0.05, 0.1) is 5.97 Å². The smallest absolute Gasteiger partial charge is 0.0751 e. The van der Waals surface area contributed by atoms with E-state index in [0.717, 1.165) is 0 Å². The van der Waals surface area contributed by atoms with Crippen LogP contribution in [0.1, 0.15) is 10.4 Å². The molecule has 0 fully saturated rings. The van der Waals surface area contributed by atoms with Crippen molar-refractivity contribution in [2.24, 2.45) is 0 Å². The molecule has 0 amide bonds. The number of carboxylic acid groups (broad SMARTS) is 1. The molecular formula is C7H7N2O2-. The monoisotopic (exact) mass is 151 g/mol. The highest BCUT2D eigenvalue weighted by atomic mass is 16.4.